The van der Waals surface area contributed by atoms with Crippen LogP contribution in [0.15, 0.2) is 46.6 Å². The molecule has 0 aliphatic carbocycles. The molecule has 7 nitrogen and oxygen atoms in total. The minimum Gasteiger partial charge on any atom is -0.440 e. The van der Waals surface area contributed by atoms with Crippen LogP contribution in [0.4, 0.5) is 4.39 Å². The van der Waals surface area contributed by atoms with Gasteiger partial charge in [0.15, 0.2) is 0 Å². The van der Waals surface area contributed by atoms with Crippen molar-refractivity contribution in [3.8, 4) is 11.8 Å². The Morgan fingerprint density at radius 1 is 1.26 bits per heavy atom. The zero-order chi connectivity index (χ0) is 22.0. The van der Waals surface area contributed by atoms with Crippen LogP contribution < -0.4 is 16.0 Å². The highest BCUT2D eigenvalue weighted by molar-refractivity contribution is 5.55. The molecule has 1 aromatic heterocycles. The number of ether oxygens (including phenoxy) is 2. The van der Waals surface area contributed by atoms with Crippen LogP contribution in [-0.4, -0.2) is 42.3 Å². The van der Waals surface area contributed by atoms with Gasteiger partial charge in [-0.15, -0.1) is 0 Å². The van der Waals surface area contributed by atoms with Crippen LogP contribution in [0.3, 0.4) is 0 Å². The molecule has 0 radical (unpaired) electrons. The highest BCUT2D eigenvalue weighted by Crippen LogP contribution is 2.40. The number of nitrogens with zero attached hydrogens (tertiary/aromatic N) is 3. The summed E-state index contributed by atoms with van der Waals surface area (Å²) in [5.74, 6) is -0.965. The first-order valence-corrected chi connectivity index (χ1v) is 10.4. The highest BCUT2D eigenvalue weighted by atomic mass is 19.1. The van der Waals surface area contributed by atoms with Gasteiger partial charge in [0.1, 0.15) is 23.2 Å². The first kappa shape index (κ1) is 21.1. The number of fused-ring (bicyclic) bond motifs is 1. The quantitative estimate of drug-likeness (QED) is 0.791. The lowest BCUT2D eigenvalue weighted by Gasteiger charge is -2.28. The number of benzene rings is 1. The van der Waals surface area contributed by atoms with Gasteiger partial charge in [0.2, 0.25) is 5.88 Å². The summed E-state index contributed by atoms with van der Waals surface area (Å²) in [7, 11) is 0. The third kappa shape index (κ3) is 4.20. The second-order valence-corrected chi connectivity index (χ2v) is 7.81. The van der Waals surface area contributed by atoms with E-state index in [1.54, 1.807) is 22.8 Å². The molecule has 4 rings (SSSR count). The average molecular weight is 424 g/mol. The van der Waals surface area contributed by atoms with Gasteiger partial charge >= 0.3 is 0 Å². The fourth-order valence-corrected chi connectivity index (χ4v) is 4.26. The van der Waals surface area contributed by atoms with Crippen LogP contribution in [-0.2, 0) is 11.3 Å². The number of nitriles is 1. The molecule has 1 fully saturated rings. The van der Waals surface area contributed by atoms with E-state index in [4.69, 9.17) is 15.2 Å². The first-order valence-electron chi connectivity index (χ1n) is 10.4. The first-order chi connectivity index (χ1) is 15.0. The Morgan fingerprint density at radius 3 is 2.74 bits per heavy atom. The summed E-state index contributed by atoms with van der Waals surface area (Å²) in [5.41, 5.74) is 7.40. The zero-order valence-electron chi connectivity index (χ0n) is 17.4. The molecule has 162 valence electrons. The summed E-state index contributed by atoms with van der Waals surface area (Å²) in [6.45, 7) is 6.49. The molecular formula is C23H25FN4O3. The Balaban J connectivity index is 1.70. The maximum Gasteiger partial charge on any atom is 0.258 e. The van der Waals surface area contributed by atoms with Gasteiger partial charge in [0.05, 0.1) is 24.7 Å². The minimum absolute atomic E-state index is 0.0619. The van der Waals surface area contributed by atoms with E-state index in [0.29, 0.717) is 23.4 Å². The van der Waals surface area contributed by atoms with Crippen LogP contribution in [0.1, 0.15) is 29.2 Å². The molecular weight excluding hydrogens is 399 g/mol. The number of aromatic nitrogens is 1. The van der Waals surface area contributed by atoms with Crippen molar-refractivity contribution in [3.05, 3.63) is 74.8 Å². The molecule has 3 heterocycles. The van der Waals surface area contributed by atoms with Gasteiger partial charge in [-0.05, 0) is 31.0 Å². The molecule has 0 unspecified atom stereocenters. The maximum atomic E-state index is 14.0. The molecule has 1 saturated heterocycles. The minimum atomic E-state index is -0.775. The number of aryl methyl sites for hydroxylation is 1. The molecule has 8 heteroatoms. The normalized spacial score (nSPS) is 18.9. The summed E-state index contributed by atoms with van der Waals surface area (Å²) in [4.78, 5) is 15.9. The van der Waals surface area contributed by atoms with Crippen LogP contribution in [0.5, 0.6) is 5.75 Å². The number of pyridine rings is 1. The SMILES string of the molecule is Cc1cc2c(c(=O)n1CCCN1CCOCC1)[C@H](c1cccc(F)c1)C(C#N)=C(N)O2. The standard InChI is InChI=1S/C23H25FN4O3/c1-15-12-19-21(23(29)28(15)7-3-6-27-8-10-30-11-9-27)20(18(14-25)22(26)31-19)16-4-2-5-17(24)13-16/h2,4-5,12-13,20H,3,6-11,26H2,1H3/t20-/m1/s1. The van der Waals surface area contributed by atoms with Crippen molar-refractivity contribution in [1.29, 1.82) is 5.26 Å². The number of rotatable bonds is 5. The van der Waals surface area contributed by atoms with Crippen molar-refractivity contribution < 1.29 is 13.9 Å². The number of morpholine rings is 1. The summed E-state index contributed by atoms with van der Waals surface area (Å²) < 4.78 is 26.7. The Hall–Kier alpha value is -3.15. The summed E-state index contributed by atoms with van der Waals surface area (Å²) in [5, 5.41) is 9.70. The lowest BCUT2D eigenvalue weighted by Crippen LogP contribution is -2.38. The molecule has 2 N–H and O–H groups in total. The molecule has 0 bridgehead atoms. The zero-order valence-corrected chi connectivity index (χ0v) is 17.4. The number of nitrogens with two attached hydrogens (primary N) is 1. The lowest BCUT2D eigenvalue weighted by atomic mass is 9.84. The number of hydrogen-bond donors (Lipinski definition) is 1. The molecule has 31 heavy (non-hydrogen) atoms. The molecule has 0 amide bonds. The molecule has 0 spiro atoms. The van der Waals surface area contributed by atoms with Gasteiger partial charge in [-0.2, -0.15) is 5.26 Å². The van der Waals surface area contributed by atoms with Gasteiger partial charge in [-0.3, -0.25) is 9.69 Å². The molecule has 1 aromatic carbocycles. The number of hydrogen-bond acceptors (Lipinski definition) is 6. The van der Waals surface area contributed by atoms with Crippen molar-refractivity contribution in [2.24, 2.45) is 5.73 Å². The highest BCUT2D eigenvalue weighted by Gasteiger charge is 2.34. The van der Waals surface area contributed by atoms with Crippen LogP contribution in [0.2, 0.25) is 0 Å². The molecule has 2 aliphatic rings. The van der Waals surface area contributed by atoms with Gasteiger partial charge in [0.25, 0.3) is 5.56 Å². The number of halogens is 1. The van der Waals surface area contributed by atoms with Crippen LogP contribution >= 0.6 is 0 Å². The Bertz CT molecular complexity index is 1110. The summed E-state index contributed by atoms with van der Waals surface area (Å²) in [6, 6.07) is 9.71. The van der Waals surface area contributed by atoms with E-state index < -0.39 is 11.7 Å². The van der Waals surface area contributed by atoms with E-state index >= 15 is 0 Å². The largest absolute Gasteiger partial charge is 0.440 e. The topological polar surface area (TPSA) is 93.5 Å². The average Bonchev–Trinajstić information content (AvgIpc) is 2.76. The smallest absolute Gasteiger partial charge is 0.258 e. The third-order valence-electron chi connectivity index (χ3n) is 5.83. The fraction of sp³-hybridized carbons (Fsp3) is 0.391. The van der Waals surface area contributed by atoms with Crippen molar-refractivity contribution in [3.63, 3.8) is 0 Å². The predicted octanol–water partition coefficient (Wildman–Crippen LogP) is 2.24. The van der Waals surface area contributed by atoms with Gasteiger partial charge in [-0.25, -0.2) is 4.39 Å². The summed E-state index contributed by atoms with van der Waals surface area (Å²) >= 11 is 0. The van der Waals surface area contributed by atoms with E-state index in [-0.39, 0.29) is 17.0 Å². The van der Waals surface area contributed by atoms with E-state index in [9.17, 15) is 14.4 Å². The molecule has 2 aliphatic heterocycles. The maximum absolute atomic E-state index is 14.0. The van der Waals surface area contributed by atoms with Gasteiger partial charge < -0.3 is 19.8 Å². The van der Waals surface area contributed by atoms with Crippen molar-refractivity contribution in [2.75, 3.05) is 32.8 Å². The van der Waals surface area contributed by atoms with Crippen molar-refractivity contribution >= 4 is 0 Å². The van der Waals surface area contributed by atoms with E-state index in [1.165, 1.54) is 12.1 Å². The monoisotopic (exact) mass is 424 g/mol. The van der Waals surface area contributed by atoms with E-state index in [1.807, 2.05) is 6.92 Å². The van der Waals surface area contributed by atoms with Gasteiger partial charge in [0, 0.05) is 37.9 Å². The third-order valence-corrected chi connectivity index (χ3v) is 5.83. The Labute approximate surface area is 180 Å². The lowest BCUT2D eigenvalue weighted by molar-refractivity contribution is 0.0369. The predicted molar refractivity (Wildman–Crippen MR) is 113 cm³/mol. The Kier molecular flexibility index (Phi) is 6.07. The number of allylic oxidation sites excluding steroid dienone is 1. The second kappa shape index (κ2) is 8.92. The van der Waals surface area contributed by atoms with Gasteiger partial charge in [-0.1, -0.05) is 12.1 Å². The van der Waals surface area contributed by atoms with E-state index in [0.717, 1.165) is 45.0 Å². The van der Waals surface area contributed by atoms with Crippen LogP contribution in [0, 0.1) is 24.1 Å². The molecule has 2 aromatic rings. The van der Waals surface area contributed by atoms with Crippen molar-refractivity contribution in [1.82, 2.24) is 9.47 Å². The second-order valence-electron chi connectivity index (χ2n) is 7.81. The van der Waals surface area contributed by atoms with Crippen molar-refractivity contribution in [2.45, 2.75) is 25.8 Å². The Morgan fingerprint density at radius 2 is 2.03 bits per heavy atom. The van der Waals surface area contributed by atoms with Crippen LogP contribution in [0.25, 0.3) is 0 Å². The fourth-order valence-electron chi connectivity index (χ4n) is 4.26. The summed E-state index contributed by atoms with van der Waals surface area (Å²) in [6.07, 6.45) is 0.800. The molecule has 1 atom stereocenters. The molecule has 0 saturated carbocycles. The van der Waals surface area contributed by atoms with E-state index in [2.05, 4.69) is 11.0 Å².